The molecule has 0 atom stereocenters. The second kappa shape index (κ2) is 6.76. The number of pyridine rings is 1. The molecule has 5 nitrogen and oxygen atoms in total. The number of hydrazone groups is 1. The fourth-order valence-corrected chi connectivity index (χ4v) is 1.96. The average molecular weight is 326 g/mol. The van der Waals surface area contributed by atoms with Crippen molar-refractivity contribution in [2.75, 3.05) is 5.43 Å². The number of hydrogen-bond acceptors (Lipinski definition) is 5. The third-order valence-electron chi connectivity index (χ3n) is 2.84. The van der Waals surface area contributed by atoms with E-state index >= 15 is 0 Å². The Morgan fingerprint density at radius 3 is 2.76 bits per heavy atom. The molecule has 21 heavy (non-hydrogen) atoms. The summed E-state index contributed by atoms with van der Waals surface area (Å²) in [5, 5.41) is 24.1. The number of aromatic nitrogens is 1. The first-order valence-electron chi connectivity index (χ1n) is 6.05. The normalized spacial score (nSPS) is 11.0. The monoisotopic (exact) mass is 325 g/mol. The maximum Gasteiger partial charge on any atom is 0.145 e. The van der Waals surface area contributed by atoms with Crippen molar-refractivity contribution in [1.29, 1.82) is 0 Å². The summed E-state index contributed by atoms with van der Waals surface area (Å²) in [7, 11) is 0. The molecule has 0 spiro atoms. The molecule has 0 saturated carbocycles. The Morgan fingerprint density at radius 1 is 1.33 bits per heavy atom. The third kappa shape index (κ3) is 3.64. The smallest absolute Gasteiger partial charge is 0.145 e. The number of aromatic hydroxyl groups is 1. The molecular formula is C14H13Cl2N3O2. The maximum absolute atomic E-state index is 9.96. The summed E-state index contributed by atoms with van der Waals surface area (Å²) in [5.74, 6) is -0.0127. The van der Waals surface area contributed by atoms with Gasteiger partial charge in [0, 0.05) is 17.3 Å². The molecule has 0 unspecified atom stereocenters. The van der Waals surface area contributed by atoms with Crippen LogP contribution >= 0.6 is 23.2 Å². The summed E-state index contributed by atoms with van der Waals surface area (Å²) in [6.07, 6.45) is 2.91. The Morgan fingerprint density at radius 2 is 2.10 bits per heavy atom. The van der Waals surface area contributed by atoms with Gasteiger partial charge in [-0.2, -0.15) is 5.10 Å². The highest BCUT2D eigenvalue weighted by molar-refractivity contribution is 6.42. The van der Waals surface area contributed by atoms with E-state index in [4.69, 9.17) is 23.2 Å². The van der Waals surface area contributed by atoms with Crippen LogP contribution in [0.4, 0.5) is 5.69 Å². The van der Waals surface area contributed by atoms with Gasteiger partial charge in [-0.05, 0) is 25.1 Å². The van der Waals surface area contributed by atoms with Crippen LogP contribution in [0.2, 0.25) is 10.0 Å². The fourth-order valence-electron chi connectivity index (χ4n) is 1.66. The van der Waals surface area contributed by atoms with Gasteiger partial charge in [0.25, 0.3) is 0 Å². The van der Waals surface area contributed by atoms with Crippen molar-refractivity contribution in [3.8, 4) is 5.75 Å². The van der Waals surface area contributed by atoms with Gasteiger partial charge >= 0.3 is 0 Å². The Kier molecular flexibility index (Phi) is 5.01. The highest BCUT2D eigenvalue weighted by atomic mass is 35.5. The summed E-state index contributed by atoms with van der Waals surface area (Å²) in [6, 6.07) is 5.00. The van der Waals surface area contributed by atoms with E-state index in [0.717, 1.165) is 0 Å². The van der Waals surface area contributed by atoms with Crippen LogP contribution in [0.3, 0.4) is 0 Å². The number of aryl methyl sites for hydroxylation is 1. The molecule has 1 heterocycles. The Labute approximate surface area is 131 Å². The number of hydrogen-bond donors (Lipinski definition) is 3. The van der Waals surface area contributed by atoms with E-state index in [9.17, 15) is 10.2 Å². The van der Waals surface area contributed by atoms with Crippen molar-refractivity contribution in [2.24, 2.45) is 5.10 Å². The van der Waals surface area contributed by atoms with Gasteiger partial charge in [0.05, 0.1) is 34.2 Å². The standard InChI is InChI=1S/C14H13Cl2N3O2/c1-8-14(21)11(9(7-20)5-17-8)6-18-19-10-2-3-12(15)13(16)4-10/h2-6,19-21H,7H2,1H3/b18-6+. The number of aliphatic hydroxyl groups excluding tert-OH is 1. The van der Waals surface area contributed by atoms with Gasteiger partial charge in [-0.15, -0.1) is 0 Å². The molecule has 0 radical (unpaired) electrons. The van der Waals surface area contributed by atoms with E-state index < -0.39 is 0 Å². The SMILES string of the molecule is Cc1ncc(CO)c(/C=N/Nc2ccc(Cl)c(Cl)c2)c1O. The van der Waals surface area contributed by atoms with Crippen molar-refractivity contribution in [2.45, 2.75) is 13.5 Å². The number of rotatable bonds is 4. The predicted molar refractivity (Wildman–Crippen MR) is 84.2 cm³/mol. The lowest BCUT2D eigenvalue weighted by atomic mass is 10.1. The molecule has 7 heteroatoms. The zero-order chi connectivity index (χ0) is 15.4. The van der Waals surface area contributed by atoms with E-state index in [1.54, 1.807) is 25.1 Å². The summed E-state index contributed by atoms with van der Waals surface area (Å²) in [4.78, 5) is 3.97. The number of nitrogens with one attached hydrogen (secondary N) is 1. The summed E-state index contributed by atoms with van der Waals surface area (Å²) >= 11 is 11.7. The van der Waals surface area contributed by atoms with E-state index in [1.807, 2.05) is 0 Å². The quantitative estimate of drug-likeness (QED) is 0.595. The highest BCUT2D eigenvalue weighted by Crippen LogP contribution is 2.25. The summed E-state index contributed by atoms with van der Waals surface area (Å²) in [6.45, 7) is 1.43. The molecule has 0 aliphatic carbocycles. The first-order valence-corrected chi connectivity index (χ1v) is 6.81. The van der Waals surface area contributed by atoms with Gasteiger partial charge in [-0.1, -0.05) is 23.2 Å². The maximum atomic E-state index is 9.96. The van der Waals surface area contributed by atoms with Crippen LogP contribution in [-0.2, 0) is 6.61 Å². The number of aliphatic hydroxyl groups is 1. The Balaban J connectivity index is 2.21. The fraction of sp³-hybridized carbons (Fsp3) is 0.143. The van der Waals surface area contributed by atoms with Gasteiger partial charge in [0.15, 0.2) is 0 Å². The zero-order valence-corrected chi connectivity index (χ0v) is 12.7. The molecule has 0 aliphatic rings. The van der Waals surface area contributed by atoms with Gasteiger partial charge in [0.2, 0.25) is 0 Å². The van der Waals surface area contributed by atoms with E-state index in [0.29, 0.717) is 32.6 Å². The number of nitrogens with zero attached hydrogens (tertiary/aromatic N) is 2. The van der Waals surface area contributed by atoms with Gasteiger partial charge in [-0.25, -0.2) is 0 Å². The second-order valence-electron chi connectivity index (χ2n) is 4.29. The van der Waals surface area contributed by atoms with Crippen LogP contribution in [-0.4, -0.2) is 21.4 Å². The van der Waals surface area contributed by atoms with E-state index in [1.165, 1.54) is 12.4 Å². The molecule has 0 aliphatic heterocycles. The second-order valence-corrected chi connectivity index (χ2v) is 5.10. The average Bonchev–Trinajstić information content (AvgIpc) is 2.47. The molecule has 1 aromatic heterocycles. The lowest BCUT2D eigenvalue weighted by molar-refractivity contribution is 0.280. The molecular weight excluding hydrogens is 313 g/mol. The third-order valence-corrected chi connectivity index (χ3v) is 3.57. The predicted octanol–water partition coefficient (Wildman–Crippen LogP) is 3.34. The number of benzene rings is 1. The molecule has 2 rings (SSSR count). The molecule has 0 saturated heterocycles. The van der Waals surface area contributed by atoms with E-state index in [2.05, 4.69) is 15.5 Å². The van der Waals surface area contributed by atoms with Crippen LogP contribution < -0.4 is 5.43 Å². The van der Waals surface area contributed by atoms with Crippen LogP contribution in [0, 0.1) is 6.92 Å². The largest absolute Gasteiger partial charge is 0.505 e. The number of anilines is 1. The zero-order valence-electron chi connectivity index (χ0n) is 11.1. The minimum absolute atomic E-state index is 0.0127. The van der Waals surface area contributed by atoms with Gasteiger partial charge in [0.1, 0.15) is 5.75 Å². The van der Waals surface area contributed by atoms with Gasteiger partial charge < -0.3 is 10.2 Å². The molecule has 2 aromatic rings. The molecule has 1 aromatic carbocycles. The van der Waals surface area contributed by atoms with Crippen molar-refractivity contribution < 1.29 is 10.2 Å². The molecule has 110 valence electrons. The summed E-state index contributed by atoms with van der Waals surface area (Å²) < 4.78 is 0. The lowest BCUT2D eigenvalue weighted by Gasteiger charge is -2.07. The summed E-state index contributed by atoms with van der Waals surface area (Å²) in [5.41, 5.74) is 4.78. The topological polar surface area (TPSA) is 77.7 Å². The Bertz CT molecular complexity index is 690. The Hall–Kier alpha value is -1.82. The van der Waals surface area contributed by atoms with Crippen molar-refractivity contribution in [3.05, 3.63) is 51.3 Å². The first kappa shape index (κ1) is 15.6. The molecule has 0 fully saturated rings. The van der Waals surface area contributed by atoms with Crippen LogP contribution in [0.15, 0.2) is 29.5 Å². The van der Waals surface area contributed by atoms with Crippen LogP contribution in [0.5, 0.6) is 5.75 Å². The first-order chi connectivity index (χ1) is 10.0. The van der Waals surface area contributed by atoms with Crippen molar-refractivity contribution >= 4 is 35.1 Å². The molecule has 0 bridgehead atoms. The van der Waals surface area contributed by atoms with Crippen molar-refractivity contribution in [3.63, 3.8) is 0 Å². The van der Waals surface area contributed by atoms with Crippen molar-refractivity contribution in [1.82, 2.24) is 4.98 Å². The number of halogens is 2. The molecule has 3 N–H and O–H groups in total. The van der Waals surface area contributed by atoms with E-state index in [-0.39, 0.29) is 12.4 Å². The minimum atomic E-state index is -0.241. The van der Waals surface area contributed by atoms with Crippen LogP contribution in [0.25, 0.3) is 0 Å². The lowest BCUT2D eigenvalue weighted by Crippen LogP contribution is -1.99. The molecule has 0 amide bonds. The minimum Gasteiger partial charge on any atom is -0.505 e. The highest BCUT2D eigenvalue weighted by Gasteiger charge is 2.09. The van der Waals surface area contributed by atoms with Crippen LogP contribution in [0.1, 0.15) is 16.8 Å². The van der Waals surface area contributed by atoms with Gasteiger partial charge in [-0.3, -0.25) is 10.4 Å².